The summed E-state index contributed by atoms with van der Waals surface area (Å²) >= 11 is 0. The molecular formula is C44H38Cl3N8-. The fourth-order valence-electron chi connectivity index (χ4n) is 7.29. The summed E-state index contributed by atoms with van der Waals surface area (Å²) in [6.07, 6.45) is 25.2. The second-order valence-electron chi connectivity index (χ2n) is 13.7. The van der Waals surface area contributed by atoms with E-state index in [0.29, 0.717) is 0 Å². The largest absolute Gasteiger partial charge is 1.00 e. The monoisotopic (exact) mass is 783 g/mol. The quantitative estimate of drug-likeness (QED) is 0.167. The molecule has 6 aromatic heterocycles. The SMILES string of the molecule is C[n+]1ccc(/C2=C3\C=CC(=N3)/C(c3cc[n+](C)cc3)=c3/cc/c([n-]3)=C(\c3cc[n+](C)cc3)C3=NC(C=C3)C(c3cc[n+](C)cc3)c3ccc2[n-]3)cc1.[Cl-].[Cl-].[Cl-]. The molecule has 0 saturated heterocycles. The number of rotatable bonds is 4. The summed E-state index contributed by atoms with van der Waals surface area (Å²) in [4.78, 5) is 21.6. The number of aromatic nitrogens is 6. The van der Waals surface area contributed by atoms with Gasteiger partial charge < -0.3 is 47.2 Å². The van der Waals surface area contributed by atoms with Gasteiger partial charge in [-0.05, 0) is 57.2 Å². The molecule has 0 radical (unpaired) electrons. The minimum atomic E-state index is -0.169. The first kappa shape index (κ1) is 39.0. The predicted octanol–water partition coefficient (Wildman–Crippen LogP) is -6.70. The summed E-state index contributed by atoms with van der Waals surface area (Å²) < 4.78 is 8.19. The van der Waals surface area contributed by atoms with Crippen molar-refractivity contribution in [2.75, 3.05) is 0 Å². The van der Waals surface area contributed by atoms with E-state index in [0.717, 1.165) is 78.2 Å². The average Bonchev–Trinajstić information content (AvgIpc) is 3.99. The molecule has 0 fully saturated rings. The van der Waals surface area contributed by atoms with Crippen LogP contribution in [-0.2, 0) is 28.2 Å². The van der Waals surface area contributed by atoms with E-state index in [1.807, 2.05) is 41.9 Å². The van der Waals surface area contributed by atoms with Crippen LogP contribution < -0.4 is 76.2 Å². The molecule has 276 valence electrons. The maximum absolute atomic E-state index is 5.47. The number of fused-ring (bicyclic) bond motifs is 6. The van der Waals surface area contributed by atoms with Gasteiger partial charge in [0, 0.05) is 54.4 Å². The zero-order valence-electron chi connectivity index (χ0n) is 30.7. The molecule has 11 heteroatoms. The highest BCUT2D eigenvalue weighted by Crippen LogP contribution is 2.36. The van der Waals surface area contributed by atoms with Gasteiger partial charge in [-0.2, -0.15) is 0 Å². The van der Waals surface area contributed by atoms with Gasteiger partial charge in [0.05, 0.1) is 23.2 Å². The number of aryl methyl sites for hydroxylation is 4. The topological polar surface area (TPSA) is 68.4 Å². The number of allylic oxidation sites excluding steroid dienone is 3. The van der Waals surface area contributed by atoms with Crippen molar-refractivity contribution in [2.24, 2.45) is 38.2 Å². The Balaban J connectivity index is 0.00000171. The van der Waals surface area contributed by atoms with Crippen LogP contribution in [0.1, 0.15) is 39.6 Å². The highest BCUT2D eigenvalue weighted by Gasteiger charge is 2.27. The molecule has 0 spiro atoms. The second-order valence-corrected chi connectivity index (χ2v) is 13.7. The van der Waals surface area contributed by atoms with Crippen LogP contribution in [0.15, 0.2) is 162 Å². The molecule has 3 aliphatic heterocycles. The van der Waals surface area contributed by atoms with Crippen LogP contribution in [0.5, 0.6) is 0 Å². The first-order chi connectivity index (χ1) is 25.4. The van der Waals surface area contributed by atoms with Crippen LogP contribution in [0.3, 0.4) is 0 Å². The number of nitrogens with zero attached hydrogens (tertiary/aromatic N) is 8. The summed E-state index contributed by atoms with van der Waals surface area (Å²) in [6.45, 7) is 0. The van der Waals surface area contributed by atoms with E-state index >= 15 is 0 Å². The van der Waals surface area contributed by atoms with Gasteiger partial charge >= 0.3 is 0 Å². The summed E-state index contributed by atoms with van der Waals surface area (Å²) in [5.41, 5.74) is 11.7. The molecule has 55 heavy (non-hydrogen) atoms. The molecule has 6 aromatic rings. The van der Waals surface area contributed by atoms with Crippen LogP contribution in [0.4, 0.5) is 0 Å². The van der Waals surface area contributed by atoms with Crippen molar-refractivity contribution in [3.63, 3.8) is 0 Å². The maximum atomic E-state index is 5.47. The van der Waals surface area contributed by atoms with E-state index in [1.165, 1.54) is 0 Å². The molecule has 9 heterocycles. The van der Waals surface area contributed by atoms with Gasteiger partial charge in [0.15, 0.2) is 49.6 Å². The van der Waals surface area contributed by atoms with E-state index in [9.17, 15) is 0 Å². The number of hydrogen-bond acceptors (Lipinski definition) is 2. The lowest BCUT2D eigenvalue weighted by molar-refractivity contribution is -0.671. The zero-order valence-corrected chi connectivity index (χ0v) is 33.0. The first-order valence-corrected chi connectivity index (χ1v) is 17.5. The molecule has 3 aliphatic rings. The van der Waals surface area contributed by atoms with Crippen molar-refractivity contribution >= 4 is 28.1 Å². The Kier molecular flexibility index (Phi) is 11.3. The van der Waals surface area contributed by atoms with Crippen molar-refractivity contribution in [3.05, 3.63) is 197 Å². The third kappa shape index (κ3) is 7.41. The maximum Gasteiger partial charge on any atom is 0.169 e. The van der Waals surface area contributed by atoms with Crippen molar-refractivity contribution in [1.29, 1.82) is 0 Å². The Morgan fingerprint density at radius 2 is 0.982 bits per heavy atom. The number of pyridine rings is 4. The highest BCUT2D eigenvalue weighted by molar-refractivity contribution is 6.31. The summed E-state index contributed by atoms with van der Waals surface area (Å²) in [7, 11) is 8.13. The Hall–Kier alpha value is -5.67. The van der Waals surface area contributed by atoms with Crippen LogP contribution in [0, 0.1) is 0 Å². The third-order valence-corrected chi connectivity index (χ3v) is 10.0. The van der Waals surface area contributed by atoms with Gasteiger partial charge in [0.1, 0.15) is 28.2 Å². The molecule has 8 bridgehead atoms. The third-order valence-electron chi connectivity index (χ3n) is 10.0. The Morgan fingerprint density at radius 3 is 1.53 bits per heavy atom. The van der Waals surface area contributed by atoms with Crippen molar-refractivity contribution in [1.82, 2.24) is 9.97 Å². The van der Waals surface area contributed by atoms with E-state index < -0.39 is 0 Å². The lowest BCUT2D eigenvalue weighted by atomic mass is 9.90. The first-order valence-electron chi connectivity index (χ1n) is 17.5. The van der Waals surface area contributed by atoms with Crippen LogP contribution in [0.2, 0.25) is 0 Å². The molecule has 0 amide bonds. The van der Waals surface area contributed by atoms with E-state index in [2.05, 4.69) is 151 Å². The molecular weight excluding hydrogens is 747 g/mol. The van der Waals surface area contributed by atoms with Gasteiger partial charge in [-0.3, -0.25) is 4.99 Å². The molecule has 9 rings (SSSR count). The van der Waals surface area contributed by atoms with Gasteiger partial charge in [0.2, 0.25) is 0 Å². The van der Waals surface area contributed by atoms with Crippen molar-refractivity contribution < 1.29 is 55.5 Å². The van der Waals surface area contributed by atoms with Crippen molar-refractivity contribution in [2.45, 2.75) is 12.0 Å². The lowest BCUT2D eigenvalue weighted by Crippen LogP contribution is -3.00. The smallest absolute Gasteiger partial charge is 0.169 e. The van der Waals surface area contributed by atoms with Crippen LogP contribution in [-0.4, -0.2) is 17.5 Å². The van der Waals surface area contributed by atoms with Crippen LogP contribution in [0.25, 0.3) is 16.7 Å². The van der Waals surface area contributed by atoms with Gasteiger partial charge in [0.25, 0.3) is 0 Å². The fourth-order valence-corrected chi connectivity index (χ4v) is 7.29. The fraction of sp³-hybridized carbons (Fsp3) is 0.136. The van der Waals surface area contributed by atoms with Crippen LogP contribution >= 0.6 is 0 Å². The standard InChI is InChI=1S/C44H38N8.3ClH/c1-49-21-13-29(14-22-49)41-33-5-7-35(45-33)42(30-15-23-50(2)24-16-30)37-9-11-39(47-37)44(32-19-27-52(4)28-20-32)40-12-10-38(48-40)43(36-8-6-34(41)46-36)31-17-25-51(3)26-18-31;;;/h5-28,33,41H,1-4H3;3*1H/q+2;;;/p-3. The van der Waals surface area contributed by atoms with Crippen molar-refractivity contribution in [3.8, 4) is 0 Å². The minimum Gasteiger partial charge on any atom is -1.00 e. The summed E-state index contributed by atoms with van der Waals surface area (Å²) in [5.74, 6) is -0.105. The van der Waals surface area contributed by atoms with Gasteiger partial charge in [-0.25, -0.2) is 23.3 Å². The van der Waals surface area contributed by atoms with Gasteiger partial charge in [-0.15, -0.1) is 22.1 Å². The second kappa shape index (κ2) is 16.0. The normalized spacial score (nSPS) is 20.2. The van der Waals surface area contributed by atoms with Gasteiger partial charge in [-0.1, -0.05) is 30.3 Å². The predicted molar refractivity (Wildman–Crippen MR) is 199 cm³/mol. The number of halogens is 3. The Bertz CT molecular complexity index is 2650. The minimum absolute atomic E-state index is 0. The average molecular weight is 785 g/mol. The molecule has 2 atom stereocenters. The van der Waals surface area contributed by atoms with E-state index in [-0.39, 0.29) is 49.2 Å². The molecule has 0 N–H and O–H groups in total. The zero-order chi connectivity index (χ0) is 35.3. The summed E-state index contributed by atoms with van der Waals surface area (Å²) in [5, 5.41) is 1.72. The molecule has 0 aliphatic carbocycles. The molecule has 0 saturated carbocycles. The Labute approximate surface area is 338 Å². The molecule has 2 unspecified atom stereocenters. The summed E-state index contributed by atoms with van der Waals surface area (Å²) in [6, 6.07) is 25.5. The van der Waals surface area contributed by atoms with E-state index in [1.54, 1.807) is 0 Å². The number of aliphatic imine (C=N–C) groups is 2. The molecule has 0 aromatic carbocycles. The Morgan fingerprint density at radius 1 is 0.491 bits per heavy atom. The highest BCUT2D eigenvalue weighted by atomic mass is 35.5. The molecule has 8 nitrogen and oxygen atoms in total. The lowest BCUT2D eigenvalue weighted by Gasteiger charge is -2.26. The number of hydrogen-bond donors (Lipinski definition) is 0. The van der Waals surface area contributed by atoms with E-state index in [4.69, 9.17) is 20.0 Å².